The van der Waals surface area contributed by atoms with E-state index in [-0.39, 0.29) is 6.42 Å². The highest BCUT2D eigenvalue weighted by atomic mass is 19.3. The van der Waals surface area contributed by atoms with Gasteiger partial charge in [0.1, 0.15) is 0 Å². The van der Waals surface area contributed by atoms with Gasteiger partial charge < -0.3 is 0 Å². The van der Waals surface area contributed by atoms with Crippen molar-refractivity contribution in [2.75, 3.05) is 0 Å². The fraction of sp³-hybridized carbons (Fsp3) is 0.833. The maximum Gasteiger partial charge on any atom is 0.260 e. The van der Waals surface area contributed by atoms with Crippen molar-refractivity contribution < 1.29 is 8.78 Å². The molecule has 0 saturated heterocycles. The SMILES string of the molecule is CCCC(F)(F)CC#N. The summed E-state index contributed by atoms with van der Waals surface area (Å²) in [7, 11) is 0. The maximum absolute atomic E-state index is 12.2. The molecule has 0 aromatic carbocycles. The molecule has 0 unspecified atom stereocenters. The summed E-state index contributed by atoms with van der Waals surface area (Å²) in [5.74, 6) is -2.76. The van der Waals surface area contributed by atoms with Crippen LogP contribution in [-0.4, -0.2) is 5.92 Å². The fourth-order valence-electron chi connectivity index (χ4n) is 0.570. The number of hydrogen-bond acceptors (Lipinski definition) is 1. The second kappa shape index (κ2) is 3.39. The van der Waals surface area contributed by atoms with Crippen molar-refractivity contribution in [3.05, 3.63) is 0 Å². The Hall–Kier alpha value is -0.650. The minimum Gasteiger partial charge on any atom is -0.206 e. The van der Waals surface area contributed by atoms with E-state index in [9.17, 15) is 8.78 Å². The van der Waals surface area contributed by atoms with Gasteiger partial charge in [-0.1, -0.05) is 13.3 Å². The van der Waals surface area contributed by atoms with Crippen LogP contribution in [0.2, 0.25) is 0 Å². The summed E-state index contributed by atoms with van der Waals surface area (Å²) in [6.07, 6.45) is -0.407. The number of nitriles is 1. The van der Waals surface area contributed by atoms with Crippen LogP contribution in [0.3, 0.4) is 0 Å². The molecule has 0 radical (unpaired) electrons. The molecule has 0 aliphatic heterocycles. The average molecular weight is 133 g/mol. The Morgan fingerprint density at radius 1 is 1.56 bits per heavy atom. The fourth-order valence-corrected chi connectivity index (χ4v) is 0.570. The molecule has 0 aromatic heterocycles. The number of nitrogens with zero attached hydrogens (tertiary/aromatic N) is 1. The van der Waals surface area contributed by atoms with Gasteiger partial charge in [0, 0.05) is 6.42 Å². The van der Waals surface area contributed by atoms with Gasteiger partial charge in [-0.15, -0.1) is 0 Å². The van der Waals surface area contributed by atoms with Crippen LogP contribution in [0.4, 0.5) is 8.78 Å². The van der Waals surface area contributed by atoms with Crippen molar-refractivity contribution in [3.8, 4) is 6.07 Å². The number of rotatable bonds is 3. The van der Waals surface area contributed by atoms with E-state index >= 15 is 0 Å². The molecule has 3 heteroatoms. The lowest BCUT2D eigenvalue weighted by Crippen LogP contribution is -2.13. The van der Waals surface area contributed by atoms with Gasteiger partial charge in [-0.2, -0.15) is 5.26 Å². The molecule has 0 amide bonds. The topological polar surface area (TPSA) is 23.8 Å². The normalized spacial score (nSPS) is 10.9. The quantitative estimate of drug-likeness (QED) is 0.579. The minimum absolute atomic E-state index is 0.180. The van der Waals surface area contributed by atoms with Crippen molar-refractivity contribution in [2.24, 2.45) is 0 Å². The first kappa shape index (κ1) is 8.35. The molecule has 0 aliphatic carbocycles. The molecule has 0 fully saturated rings. The van der Waals surface area contributed by atoms with Crippen LogP contribution in [0.15, 0.2) is 0 Å². The first-order chi connectivity index (χ1) is 4.12. The molecule has 0 saturated carbocycles. The minimum atomic E-state index is -2.76. The van der Waals surface area contributed by atoms with E-state index in [0.29, 0.717) is 6.42 Å². The molecule has 0 aliphatic rings. The zero-order valence-corrected chi connectivity index (χ0v) is 5.32. The Balaban J connectivity index is 3.59. The zero-order valence-electron chi connectivity index (χ0n) is 5.32. The van der Waals surface area contributed by atoms with Gasteiger partial charge in [-0.05, 0) is 0 Å². The first-order valence-corrected chi connectivity index (χ1v) is 2.87. The lowest BCUT2D eigenvalue weighted by atomic mass is 10.1. The van der Waals surface area contributed by atoms with E-state index in [1.54, 1.807) is 6.92 Å². The Morgan fingerprint density at radius 2 is 2.11 bits per heavy atom. The predicted molar refractivity (Wildman–Crippen MR) is 30.1 cm³/mol. The van der Waals surface area contributed by atoms with Crippen LogP contribution < -0.4 is 0 Å². The van der Waals surface area contributed by atoms with E-state index in [4.69, 9.17) is 5.26 Å². The van der Waals surface area contributed by atoms with Gasteiger partial charge >= 0.3 is 0 Å². The third-order valence-corrected chi connectivity index (χ3v) is 0.953. The molecular weight excluding hydrogens is 124 g/mol. The Morgan fingerprint density at radius 3 is 2.44 bits per heavy atom. The van der Waals surface area contributed by atoms with Crippen LogP contribution in [0.5, 0.6) is 0 Å². The van der Waals surface area contributed by atoms with Crippen LogP contribution in [0.1, 0.15) is 26.2 Å². The summed E-state index contributed by atoms with van der Waals surface area (Å²) < 4.78 is 24.4. The van der Waals surface area contributed by atoms with Gasteiger partial charge in [0.05, 0.1) is 12.5 Å². The van der Waals surface area contributed by atoms with Crippen molar-refractivity contribution in [1.82, 2.24) is 0 Å². The molecule has 0 atom stereocenters. The van der Waals surface area contributed by atoms with Gasteiger partial charge in [-0.3, -0.25) is 0 Å². The zero-order chi connectivity index (χ0) is 7.33. The summed E-state index contributed by atoms with van der Waals surface area (Å²) in [6.45, 7) is 1.67. The van der Waals surface area contributed by atoms with Crippen molar-refractivity contribution in [1.29, 1.82) is 5.26 Å². The van der Waals surface area contributed by atoms with Crippen molar-refractivity contribution >= 4 is 0 Å². The second-order valence-corrected chi connectivity index (χ2v) is 1.94. The highest BCUT2D eigenvalue weighted by Gasteiger charge is 2.26. The monoisotopic (exact) mass is 133 g/mol. The molecule has 0 N–H and O–H groups in total. The van der Waals surface area contributed by atoms with E-state index in [2.05, 4.69) is 0 Å². The van der Waals surface area contributed by atoms with E-state index in [1.807, 2.05) is 0 Å². The highest BCUT2D eigenvalue weighted by Crippen LogP contribution is 2.23. The molecule has 52 valence electrons. The molecule has 1 nitrogen and oxygen atoms in total. The predicted octanol–water partition coefficient (Wildman–Crippen LogP) is 2.34. The van der Waals surface area contributed by atoms with Crippen molar-refractivity contribution in [3.63, 3.8) is 0 Å². The third-order valence-electron chi connectivity index (χ3n) is 0.953. The van der Waals surface area contributed by atoms with E-state index in [0.717, 1.165) is 0 Å². The Kier molecular flexibility index (Phi) is 3.15. The standard InChI is InChI=1S/C6H9F2N/c1-2-3-6(7,8)4-5-9/h2-4H2,1H3. The van der Waals surface area contributed by atoms with Gasteiger partial charge in [0.2, 0.25) is 0 Å². The van der Waals surface area contributed by atoms with Crippen LogP contribution >= 0.6 is 0 Å². The smallest absolute Gasteiger partial charge is 0.206 e. The molecule has 0 rings (SSSR count). The lowest BCUT2D eigenvalue weighted by Gasteiger charge is -2.09. The largest absolute Gasteiger partial charge is 0.260 e. The van der Waals surface area contributed by atoms with Crippen molar-refractivity contribution in [2.45, 2.75) is 32.1 Å². The molecule has 0 spiro atoms. The van der Waals surface area contributed by atoms with Crippen LogP contribution in [0, 0.1) is 11.3 Å². The molecule has 0 bridgehead atoms. The maximum atomic E-state index is 12.2. The number of halogens is 2. The summed E-state index contributed by atoms with van der Waals surface area (Å²) in [6, 6.07) is 1.44. The average Bonchev–Trinajstić information content (AvgIpc) is 1.64. The lowest BCUT2D eigenvalue weighted by molar-refractivity contribution is -0.00324. The summed E-state index contributed by atoms with van der Waals surface area (Å²) >= 11 is 0. The van der Waals surface area contributed by atoms with Gasteiger partial charge in [0.25, 0.3) is 5.92 Å². The van der Waals surface area contributed by atoms with Gasteiger partial charge in [0.15, 0.2) is 0 Å². The number of hydrogen-bond donors (Lipinski definition) is 0. The summed E-state index contributed by atoms with van der Waals surface area (Å²) in [4.78, 5) is 0. The Labute approximate surface area is 53.3 Å². The highest BCUT2D eigenvalue weighted by molar-refractivity contribution is 4.80. The van der Waals surface area contributed by atoms with Gasteiger partial charge in [-0.25, -0.2) is 8.78 Å². The van der Waals surface area contributed by atoms with E-state index in [1.165, 1.54) is 6.07 Å². The molecule has 0 heterocycles. The molecule has 0 aromatic rings. The van der Waals surface area contributed by atoms with Crippen LogP contribution in [0.25, 0.3) is 0 Å². The van der Waals surface area contributed by atoms with E-state index < -0.39 is 12.3 Å². The third kappa shape index (κ3) is 3.89. The van der Waals surface area contributed by atoms with Crippen LogP contribution in [-0.2, 0) is 0 Å². The first-order valence-electron chi connectivity index (χ1n) is 2.87. The molecule has 9 heavy (non-hydrogen) atoms. The number of alkyl halides is 2. The second-order valence-electron chi connectivity index (χ2n) is 1.94. The molecular formula is C6H9F2N. The summed E-state index contributed by atoms with van der Waals surface area (Å²) in [5, 5.41) is 7.90. The summed E-state index contributed by atoms with van der Waals surface area (Å²) in [5.41, 5.74) is 0. The Bertz CT molecular complexity index is 115.